The van der Waals surface area contributed by atoms with E-state index in [0.29, 0.717) is 37.3 Å². The molecule has 0 unspecified atom stereocenters. The van der Waals surface area contributed by atoms with Crippen molar-refractivity contribution in [2.75, 3.05) is 35.9 Å². The molecule has 0 saturated carbocycles. The van der Waals surface area contributed by atoms with E-state index < -0.39 is 19.7 Å². The maximum atomic E-state index is 13.2. The number of aromatic nitrogens is 2. The number of anilines is 1. The molecule has 10 nitrogen and oxygen atoms in total. The summed E-state index contributed by atoms with van der Waals surface area (Å²) in [6.45, 7) is 4.72. The second kappa shape index (κ2) is 16.2. The summed E-state index contributed by atoms with van der Waals surface area (Å²) < 4.78 is 45.2. The molecular formula is C36H42N4O6S2. The van der Waals surface area contributed by atoms with E-state index in [2.05, 4.69) is 20.6 Å². The van der Waals surface area contributed by atoms with E-state index in [4.69, 9.17) is 0 Å². The van der Waals surface area contributed by atoms with Crippen molar-refractivity contribution in [3.05, 3.63) is 112 Å². The van der Waals surface area contributed by atoms with Gasteiger partial charge in [-0.05, 0) is 90.3 Å². The number of hydrogen-bond donors (Lipinski definition) is 2. The molecule has 4 rings (SSSR count). The van der Waals surface area contributed by atoms with Crippen LogP contribution in [0.2, 0.25) is 0 Å². The van der Waals surface area contributed by atoms with E-state index in [-0.39, 0.29) is 35.3 Å². The third-order valence-electron chi connectivity index (χ3n) is 8.05. The van der Waals surface area contributed by atoms with Crippen molar-refractivity contribution in [2.24, 2.45) is 0 Å². The lowest BCUT2D eigenvalue weighted by atomic mass is 9.91. The summed E-state index contributed by atoms with van der Waals surface area (Å²) >= 11 is 0. The van der Waals surface area contributed by atoms with Crippen molar-refractivity contribution in [1.29, 1.82) is 0 Å². The van der Waals surface area contributed by atoms with Gasteiger partial charge < -0.3 is 10.6 Å². The highest BCUT2D eigenvalue weighted by Crippen LogP contribution is 2.32. The summed E-state index contributed by atoms with van der Waals surface area (Å²) in [4.78, 5) is 34.9. The summed E-state index contributed by atoms with van der Waals surface area (Å²) in [5, 5.41) is 6.05. The van der Waals surface area contributed by atoms with Crippen molar-refractivity contribution in [1.82, 2.24) is 15.3 Å². The van der Waals surface area contributed by atoms with Crippen LogP contribution in [0, 0.1) is 13.8 Å². The topological polar surface area (TPSA) is 152 Å². The number of ketones is 1. The maximum absolute atomic E-state index is 13.2. The first-order valence-corrected chi connectivity index (χ1v) is 19.8. The van der Waals surface area contributed by atoms with Gasteiger partial charge >= 0.3 is 0 Å². The van der Waals surface area contributed by atoms with E-state index in [1.165, 1.54) is 12.5 Å². The van der Waals surface area contributed by atoms with Gasteiger partial charge in [-0.3, -0.25) is 19.6 Å². The van der Waals surface area contributed by atoms with Crippen LogP contribution in [0.3, 0.4) is 0 Å². The molecule has 254 valence electrons. The summed E-state index contributed by atoms with van der Waals surface area (Å²) in [7, 11) is -6.01. The molecule has 0 aliphatic carbocycles. The van der Waals surface area contributed by atoms with Crippen LogP contribution in [0.15, 0.2) is 73.1 Å². The number of carbonyl (C=O) groups excluding carboxylic acids is 2. The van der Waals surface area contributed by atoms with Crippen molar-refractivity contribution >= 4 is 37.1 Å². The highest BCUT2D eigenvalue weighted by Gasteiger charge is 2.16. The smallest absolute Gasteiger partial charge is 0.274 e. The van der Waals surface area contributed by atoms with Gasteiger partial charge in [0.05, 0.1) is 5.75 Å². The molecule has 0 aliphatic rings. The number of benzene rings is 2. The van der Waals surface area contributed by atoms with Gasteiger partial charge in [-0.2, -0.15) is 0 Å². The van der Waals surface area contributed by atoms with Gasteiger partial charge in [-0.1, -0.05) is 42.5 Å². The van der Waals surface area contributed by atoms with E-state index in [1.807, 2.05) is 62.4 Å². The number of nitrogens with zero attached hydrogens (tertiary/aromatic N) is 2. The molecule has 0 saturated heterocycles. The van der Waals surface area contributed by atoms with Crippen molar-refractivity contribution in [3.8, 4) is 11.1 Å². The first kappa shape index (κ1) is 36.6. The molecule has 12 heteroatoms. The van der Waals surface area contributed by atoms with Crippen LogP contribution < -0.4 is 10.6 Å². The summed E-state index contributed by atoms with van der Waals surface area (Å²) in [5.41, 5.74) is 7.68. The van der Waals surface area contributed by atoms with Crippen LogP contribution in [0.25, 0.3) is 11.1 Å². The molecule has 2 heterocycles. The standard InChI is InChI=1S/C36H42N4O6S2/c1-25-29(21-35(41)33-16-15-28(24-38-33)22-37-18-20-48(4,45)46)10-7-11-30(25)31-12-8-13-32(26(31)2)40-36(42)34-17-14-27(23-39-34)9-5-6-19-47(3,43)44/h7-8,10-17,23-24,37H,5-6,9,18-22H2,1-4H3,(H,40,42). The third-order valence-corrected chi connectivity index (χ3v) is 10.0. The van der Waals surface area contributed by atoms with Crippen LogP contribution in [0.5, 0.6) is 0 Å². The minimum absolute atomic E-state index is 0.0553. The van der Waals surface area contributed by atoms with Crippen molar-refractivity contribution in [2.45, 2.75) is 46.1 Å². The predicted octanol–water partition coefficient (Wildman–Crippen LogP) is 4.94. The van der Waals surface area contributed by atoms with Gasteiger partial charge in [0, 0.05) is 55.9 Å². The van der Waals surface area contributed by atoms with Crippen LogP contribution in [-0.4, -0.2) is 69.1 Å². The number of amides is 1. The molecule has 2 aromatic heterocycles. The number of pyridine rings is 2. The highest BCUT2D eigenvalue weighted by atomic mass is 32.2. The largest absolute Gasteiger partial charge is 0.320 e. The molecule has 4 aromatic rings. The van der Waals surface area contributed by atoms with E-state index in [0.717, 1.165) is 45.4 Å². The second-order valence-corrected chi connectivity index (χ2v) is 16.6. The Balaban J connectivity index is 1.40. The fraction of sp³-hybridized carbons (Fsp3) is 0.333. The molecule has 0 spiro atoms. The van der Waals surface area contributed by atoms with Gasteiger partial charge in [0.2, 0.25) is 0 Å². The molecule has 48 heavy (non-hydrogen) atoms. The SMILES string of the molecule is Cc1c(CC(=O)c2ccc(CNCCS(C)(=O)=O)cn2)cccc1-c1cccc(NC(=O)c2ccc(CCCCS(C)(=O)=O)cn2)c1C. The molecule has 2 aromatic carbocycles. The highest BCUT2D eigenvalue weighted by molar-refractivity contribution is 7.90. The first-order valence-electron chi connectivity index (χ1n) is 15.7. The second-order valence-electron chi connectivity index (χ2n) is 12.1. The molecule has 1 amide bonds. The zero-order valence-electron chi connectivity index (χ0n) is 27.7. The fourth-order valence-corrected chi connectivity index (χ4v) is 6.51. The number of nitrogens with one attached hydrogen (secondary N) is 2. The Morgan fingerprint density at radius 2 is 1.33 bits per heavy atom. The van der Waals surface area contributed by atoms with Gasteiger partial charge in [-0.25, -0.2) is 16.8 Å². The minimum atomic E-state index is -3.03. The summed E-state index contributed by atoms with van der Waals surface area (Å²) in [6.07, 6.45) is 7.88. The van der Waals surface area contributed by atoms with Gasteiger partial charge in [0.25, 0.3) is 5.91 Å². The zero-order valence-corrected chi connectivity index (χ0v) is 29.4. The molecule has 0 bridgehead atoms. The number of hydrogen-bond acceptors (Lipinski definition) is 9. The molecule has 0 fully saturated rings. The van der Waals surface area contributed by atoms with Crippen LogP contribution in [-0.2, 0) is 39.1 Å². The molecule has 0 aliphatic heterocycles. The monoisotopic (exact) mass is 690 g/mol. The Morgan fingerprint density at radius 3 is 1.98 bits per heavy atom. The normalized spacial score (nSPS) is 11.8. The third kappa shape index (κ3) is 10.9. The van der Waals surface area contributed by atoms with E-state index in [1.54, 1.807) is 24.5 Å². The lowest BCUT2D eigenvalue weighted by Gasteiger charge is -2.16. The lowest BCUT2D eigenvalue weighted by molar-refractivity contribution is 0.0986. The Labute approximate surface area is 283 Å². The quantitative estimate of drug-likeness (QED) is 0.123. The average Bonchev–Trinajstić information content (AvgIpc) is 3.03. The number of aryl methyl sites for hydroxylation is 1. The lowest BCUT2D eigenvalue weighted by Crippen LogP contribution is -2.22. The van der Waals surface area contributed by atoms with Gasteiger partial charge in [0.1, 0.15) is 31.1 Å². The Bertz CT molecular complexity index is 1830. The predicted molar refractivity (Wildman–Crippen MR) is 190 cm³/mol. The fourth-order valence-electron chi connectivity index (χ4n) is 5.26. The Hall–Kier alpha value is -4.26. The molecule has 2 N–H and O–H groups in total. The molecular weight excluding hydrogens is 649 g/mol. The van der Waals surface area contributed by atoms with Crippen LogP contribution in [0.4, 0.5) is 5.69 Å². The minimum Gasteiger partial charge on any atom is -0.320 e. The first-order chi connectivity index (χ1) is 22.7. The average molecular weight is 691 g/mol. The van der Waals surface area contributed by atoms with Crippen LogP contribution in [0.1, 0.15) is 61.6 Å². The Morgan fingerprint density at radius 1 is 0.708 bits per heavy atom. The van der Waals surface area contributed by atoms with E-state index >= 15 is 0 Å². The Kier molecular flexibility index (Phi) is 12.4. The zero-order chi connectivity index (χ0) is 34.9. The van der Waals surface area contributed by atoms with Crippen LogP contribution >= 0.6 is 0 Å². The maximum Gasteiger partial charge on any atom is 0.274 e. The number of unbranched alkanes of at least 4 members (excludes halogenated alkanes) is 1. The summed E-state index contributed by atoms with van der Waals surface area (Å²) in [5.74, 6) is -0.235. The molecule has 0 radical (unpaired) electrons. The van der Waals surface area contributed by atoms with Crippen molar-refractivity contribution in [3.63, 3.8) is 0 Å². The number of sulfone groups is 2. The van der Waals surface area contributed by atoms with Gasteiger partial charge in [-0.15, -0.1) is 0 Å². The number of carbonyl (C=O) groups is 2. The molecule has 0 atom stereocenters. The van der Waals surface area contributed by atoms with Crippen molar-refractivity contribution < 1.29 is 26.4 Å². The van der Waals surface area contributed by atoms with Gasteiger partial charge in [0.15, 0.2) is 5.78 Å². The van der Waals surface area contributed by atoms with E-state index in [9.17, 15) is 26.4 Å². The summed E-state index contributed by atoms with van der Waals surface area (Å²) in [6, 6.07) is 18.6. The number of rotatable bonds is 16. The number of Topliss-reactive ketones (excluding diaryl/α,β-unsaturated/α-hetero) is 1.